The number of aryl methyl sites for hydroxylation is 1. The van der Waals surface area contributed by atoms with Crippen molar-refractivity contribution in [3.8, 4) is 0 Å². The van der Waals surface area contributed by atoms with E-state index in [9.17, 15) is 4.39 Å². The largest absolute Gasteiger partial charge is 0.368 e. The van der Waals surface area contributed by atoms with Gasteiger partial charge in [-0.05, 0) is 36.1 Å². The number of fused-ring (bicyclic) bond motifs is 1. The van der Waals surface area contributed by atoms with Gasteiger partial charge in [-0.3, -0.25) is 0 Å². The molecule has 6 heteroatoms. The van der Waals surface area contributed by atoms with Crippen LogP contribution in [0.3, 0.4) is 0 Å². The van der Waals surface area contributed by atoms with Crippen LogP contribution >= 0.6 is 11.3 Å². The monoisotopic (exact) mass is 274 g/mol. The molecular formula is C13H11FN4S. The number of rotatable bonds is 2. The molecule has 3 N–H and O–H groups in total. The third kappa shape index (κ3) is 2.22. The van der Waals surface area contributed by atoms with Crippen LogP contribution in [0.4, 0.5) is 21.8 Å². The van der Waals surface area contributed by atoms with Gasteiger partial charge in [-0.15, -0.1) is 11.3 Å². The fraction of sp³-hybridized carbons (Fsp3) is 0.0769. The van der Waals surface area contributed by atoms with Crippen LogP contribution in [0.2, 0.25) is 0 Å². The molecule has 2 heterocycles. The number of benzene rings is 1. The minimum Gasteiger partial charge on any atom is -0.368 e. The Hall–Kier alpha value is -2.21. The maximum Gasteiger partial charge on any atom is 0.223 e. The summed E-state index contributed by atoms with van der Waals surface area (Å²) >= 11 is 1.47. The Balaban J connectivity index is 2.10. The van der Waals surface area contributed by atoms with Gasteiger partial charge in [-0.25, -0.2) is 9.37 Å². The number of aromatic nitrogens is 2. The lowest BCUT2D eigenvalue weighted by atomic mass is 10.2. The van der Waals surface area contributed by atoms with Gasteiger partial charge in [-0.1, -0.05) is 6.07 Å². The fourth-order valence-corrected chi connectivity index (χ4v) is 2.60. The SMILES string of the molecule is Cc1ccc(F)c(Nc2nc(N)nc3sccc23)c1. The van der Waals surface area contributed by atoms with Gasteiger partial charge in [0.1, 0.15) is 16.5 Å². The number of hydrogen-bond acceptors (Lipinski definition) is 5. The van der Waals surface area contributed by atoms with Crippen molar-refractivity contribution in [2.24, 2.45) is 0 Å². The van der Waals surface area contributed by atoms with Crippen LogP contribution < -0.4 is 11.1 Å². The molecule has 0 unspecified atom stereocenters. The van der Waals surface area contributed by atoms with Gasteiger partial charge >= 0.3 is 0 Å². The summed E-state index contributed by atoms with van der Waals surface area (Å²) in [5.41, 5.74) is 7.00. The Morgan fingerprint density at radius 3 is 2.95 bits per heavy atom. The first kappa shape index (κ1) is 11.9. The van der Waals surface area contributed by atoms with Crippen molar-refractivity contribution in [1.29, 1.82) is 0 Å². The summed E-state index contributed by atoms with van der Waals surface area (Å²) in [6, 6.07) is 6.75. The van der Waals surface area contributed by atoms with E-state index >= 15 is 0 Å². The Morgan fingerprint density at radius 1 is 1.26 bits per heavy atom. The van der Waals surface area contributed by atoms with Crippen molar-refractivity contribution in [3.63, 3.8) is 0 Å². The molecule has 0 aliphatic carbocycles. The molecule has 19 heavy (non-hydrogen) atoms. The van der Waals surface area contributed by atoms with E-state index < -0.39 is 0 Å². The van der Waals surface area contributed by atoms with Gasteiger partial charge in [0.15, 0.2) is 0 Å². The minimum absolute atomic E-state index is 0.172. The molecular weight excluding hydrogens is 263 g/mol. The number of nitrogen functional groups attached to an aromatic ring is 1. The first-order valence-corrected chi connectivity index (χ1v) is 6.55. The molecule has 0 spiro atoms. The van der Waals surface area contributed by atoms with Crippen molar-refractivity contribution in [3.05, 3.63) is 41.0 Å². The minimum atomic E-state index is -0.328. The van der Waals surface area contributed by atoms with Crippen molar-refractivity contribution in [2.75, 3.05) is 11.1 Å². The van der Waals surface area contributed by atoms with E-state index in [1.165, 1.54) is 17.4 Å². The number of nitrogens with zero attached hydrogens (tertiary/aromatic N) is 2. The standard InChI is InChI=1S/C13H11FN4S/c1-7-2-3-9(14)10(6-7)16-11-8-4-5-19-12(8)18-13(15)17-11/h2-6H,1H3,(H3,15,16,17,18). The Morgan fingerprint density at radius 2 is 2.11 bits per heavy atom. The zero-order valence-corrected chi connectivity index (χ0v) is 11.0. The highest BCUT2D eigenvalue weighted by atomic mass is 32.1. The number of halogens is 1. The summed E-state index contributed by atoms with van der Waals surface area (Å²) in [5, 5.41) is 5.72. The molecule has 0 saturated heterocycles. The molecule has 0 aliphatic rings. The molecule has 96 valence electrons. The van der Waals surface area contributed by atoms with Gasteiger partial charge in [0.2, 0.25) is 5.95 Å². The number of thiophene rings is 1. The first-order chi connectivity index (χ1) is 9.13. The Labute approximate surface area is 113 Å². The summed E-state index contributed by atoms with van der Waals surface area (Å²) in [6.45, 7) is 1.90. The zero-order chi connectivity index (χ0) is 13.4. The van der Waals surface area contributed by atoms with Crippen LogP contribution in [0.15, 0.2) is 29.6 Å². The third-order valence-corrected chi connectivity index (χ3v) is 3.52. The lowest BCUT2D eigenvalue weighted by Crippen LogP contribution is -2.01. The maximum atomic E-state index is 13.7. The van der Waals surface area contributed by atoms with Crippen molar-refractivity contribution >= 4 is 39.0 Å². The second kappa shape index (κ2) is 4.47. The molecule has 1 aromatic carbocycles. The van der Waals surface area contributed by atoms with Gasteiger partial charge in [0, 0.05) is 0 Å². The van der Waals surface area contributed by atoms with E-state index in [0.29, 0.717) is 11.5 Å². The molecule has 0 aliphatic heterocycles. The predicted octanol–water partition coefficient (Wildman–Crippen LogP) is 3.46. The molecule has 0 radical (unpaired) electrons. The zero-order valence-electron chi connectivity index (χ0n) is 10.1. The van der Waals surface area contributed by atoms with E-state index in [-0.39, 0.29) is 11.8 Å². The summed E-state index contributed by atoms with van der Waals surface area (Å²) in [5.74, 6) is 0.366. The first-order valence-electron chi connectivity index (χ1n) is 5.67. The van der Waals surface area contributed by atoms with Gasteiger partial charge < -0.3 is 11.1 Å². The second-order valence-corrected chi connectivity index (χ2v) is 5.07. The quantitative estimate of drug-likeness (QED) is 0.751. The van der Waals surface area contributed by atoms with E-state index in [0.717, 1.165) is 15.8 Å². The van der Waals surface area contributed by atoms with Crippen LogP contribution in [-0.4, -0.2) is 9.97 Å². The van der Waals surface area contributed by atoms with Crippen LogP contribution in [0, 0.1) is 12.7 Å². The average Bonchev–Trinajstić information content (AvgIpc) is 2.82. The van der Waals surface area contributed by atoms with Crippen LogP contribution in [0.25, 0.3) is 10.2 Å². The molecule has 0 bridgehead atoms. The lowest BCUT2D eigenvalue weighted by molar-refractivity contribution is 0.631. The summed E-state index contributed by atoms with van der Waals surface area (Å²) in [4.78, 5) is 9.05. The highest BCUT2D eigenvalue weighted by Gasteiger charge is 2.10. The molecule has 0 amide bonds. The second-order valence-electron chi connectivity index (χ2n) is 4.18. The summed E-state index contributed by atoms with van der Waals surface area (Å²) < 4.78 is 13.7. The molecule has 3 aromatic rings. The number of hydrogen-bond donors (Lipinski definition) is 2. The smallest absolute Gasteiger partial charge is 0.223 e. The molecule has 4 nitrogen and oxygen atoms in total. The van der Waals surface area contributed by atoms with Gasteiger partial charge in [-0.2, -0.15) is 4.98 Å². The third-order valence-electron chi connectivity index (χ3n) is 2.72. The predicted molar refractivity (Wildman–Crippen MR) is 76.2 cm³/mol. The summed E-state index contributed by atoms with van der Waals surface area (Å²) in [6.07, 6.45) is 0. The highest BCUT2D eigenvalue weighted by Crippen LogP contribution is 2.29. The lowest BCUT2D eigenvalue weighted by Gasteiger charge is -2.09. The summed E-state index contributed by atoms with van der Waals surface area (Å²) in [7, 11) is 0. The van der Waals surface area contributed by atoms with Crippen LogP contribution in [-0.2, 0) is 0 Å². The Kier molecular flexibility index (Phi) is 2.79. The van der Waals surface area contributed by atoms with Crippen LogP contribution in [0.1, 0.15) is 5.56 Å². The normalized spacial score (nSPS) is 10.8. The Bertz CT molecular complexity index is 753. The van der Waals surface area contributed by atoms with Crippen LogP contribution in [0.5, 0.6) is 0 Å². The molecule has 0 saturated carbocycles. The molecule has 3 rings (SSSR count). The molecule has 0 fully saturated rings. The van der Waals surface area contributed by atoms with E-state index in [2.05, 4.69) is 15.3 Å². The molecule has 2 aromatic heterocycles. The number of nitrogens with two attached hydrogens (primary N) is 1. The van der Waals surface area contributed by atoms with Crippen molar-refractivity contribution in [1.82, 2.24) is 9.97 Å². The fourth-order valence-electron chi connectivity index (χ4n) is 1.83. The highest BCUT2D eigenvalue weighted by molar-refractivity contribution is 7.16. The van der Waals surface area contributed by atoms with Gasteiger partial charge in [0.25, 0.3) is 0 Å². The number of nitrogens with one attached hydrogen (secondary N) is 1. The van der Waals surface area contributed by atoms with Gasteiger partial charge in [0.05, 0.1) is 11.1 Å². The topological polar surface area (TPSA) is 63.8 Å². The number of anilines is 3. The van der Waals surface area contributed by atoms with E-state index in [4.69, 9.17) is 5.73 Å². The van der Waals surface area contributed by atoms with E-state index in [1.807, 2.05) is 18.4 Å². The van der Waals surface area contributed by atoms with E-state index in [1.54, 1.807) is 12.1 Å². The maximum absolute atomic E-state index is 13.7. The molecule has 0 atom stereocenters. The average molecular weight is 274 g/mol. The van der Waals surface area contributed by atoms with Crippen molar-refractivity contribution < 1.29 is 4.39 Å². The van der Waals surface area contributed by atoms with Crippen molar-refractivity contribution in [2.45, 2.75) is 6.92 Å².